The third kappa shape index (κ3) is 1.78. The molecule has 0 bridgehead atoms. The Morgan fingerprint density at radius 3 is 2.32 bits per heavy atom. The van der Waals surface area contributed by atoms with Crippen LogP contribution in [0.4, 0.5) is 0 Å². The van der Waals surface area contributed by atoms with Crippen molar-refractivity contribution in [2.24, 2.45) is 5.92 Å². The fourth-order valence-corrected chi connectivity index (χ4v) is 3.90. The Balaban J connectivity index is 2.19. The van der Waals surface area contributed by atoms with E-state index < -0.39 is 0 Å². The average Bonchev–Trinajstić information content (AvgIpc) is 2.60. The quantitative estimate of drug-likeness (QED) is 0.730. The molecule has 1 nitrogen and oxygen atoms in total. The van der Waals surface area contributed by atoms with E-state index >= 15 is 0 Å². The van der Waals surface area contributed by atoms with Gasteiger partial charge in [-0.2, -0.15) is 0 Å². The second-order valence-electron chi connectivity index (χ2n) is 7.59. The van der Waals surface area contributed by atoms with Crippen LogP contribution in [-0.2, 0) is 16.6 Å². The lowest BCUT2D eigenvalue weighted by Crippen LogP contribution is -2.32. The maximum absolute atomic E-state index is 11.8. The van der Waals surface area contributed by atoms with Crippen LogP contribution in [0.3, 0.4) is 0 Å². The van der Waals surface area contributed by atoms with Gasteiger partial charge in [-0.05, 0) is 40.0 Å². The third-order valence-electron chi connectivity index (χ3n) is 4.94. The summed E-state index contributed by atoms with van der Waals surface area (Å²) in [6.07, 6.45) is 1.77. The van der Waals surface area contributed by atoms with Crippen LogP contribution in [0.25, 0.3) is 0 Å². The SMILES string of the molecule is CC(C)c1ccc(C(C)(C)C)c2c1C1CC(=O)C1C2. The van der Waals surface area contributed by atoms with E-state index in [9.17, 15) is 4.79 Å². The molecule has 0 saturated heterocycles. The van der Waals surface area contributed by atoms with Gasteiger partial charge in [0.15, 0.2) is 0 Å². The molecule has 1 aromatic carbocycles. The summed E-state index contributed by atoms with van der Waals surface area (Å²) in [4.78, 5) is 11.8. The molecule has 0 N–H and O–H groups in total. The van der Waals surface area contributed by atoms with Gasteiger partial charge in [-0.15, -0.1) is 0 Å². The van der Waals surface area contributed by atoms with Gasteiger partial charge in [-0.1, -0.05) is 46.8 Å². The largest absolute Gasteiger partial charge is 0.299 e. The van der Waals surface area contributed by atoms with Gasteiger partial charge in [0.05, 0.1) is 0 Å². The summed E-state index contributed by atoms with van der Waals surface area (Å²) in [7, 11) is 0. The van der Waals surface area contributed by atoms with Crippen LogP contribution in [-0.4, -0.2) is 5.78 Å². The van der Waals surface area contributed by atoms with Crippen LogP contribution in [0.5, 0.6) is 0 Å². The molecule has 0 radical (unpaired) electrons. The number of rotatable bonds is 1. The second kappa shape index (κ2) is 3.94. The summed E-state index contributed by atoms with van der Waals surface area (Å²) in [6.45, 7) is 11.4. The molecule has 102 valence electrons. The first kappa shape index (κ1) is 12.9. The van der Waals surface area contributed by atoms with Crippen molar-refractivity contribution in [1.82, 2.24) is 0 Å². The first-order valence-corrected chi connectivity index (χ1v) is 7.49. The molecule has 3 rings (SSSR count). The molecule has 1 fully saturated rings. The summed E-state index contributed by atoms with van der Waals surface area (Å²) >= 11 is 0. The van der Waals surface area contributed by atoms with Crippen molar-refractivity contribution in [2.75, 3.05) is 0 Å². The number of hydrogen-bond acceptors (Lipinski definition) is 1. The number of carbonyl (C=O) groups excluding carboxylic acids is 1. The Morgan fingerprint density at radius 1 is 1.11 bits per heavy atom. The molecule has 0 aromatic heterocycles. The zero-order valence-electron chi connectivity index (χ0n) is 12.7. The summed E-state index contributed by atoms with van der Waals surface area (Å²) < 4.78 is 0. The van der Waals surface area contributed by atoms with Gasteiger partial charge in [0, 0.05) is 18.3 Å². The van der Waals surface area contributed by atoms with E-state index in [4.69, 9.17) is 0 Å². The van der Waals surface area contributed by atoms with E-state index in [0.29, 0.717) is 23.5 Å². The number of fused-ring (bicyclic) bond motifs is 3. The van der Waals surface area contributed by atoms with E-state index in [1.165, 1.54) is 22.3 Å². The average molecular weight is 256 g/mol. The Labute approximate surface area is 116 Å². The van der Waals surface area contributed by atoms with E-state index in [2.05, 4.69) is 46.8 Å². The Kier molecular flexibility index (Phi) is 2.68. The van der Waals surface area contributed by atoms with Crippen molar-refractivity contribution in [3.05, 3.63) is 34.4 Å². The highest BCUT2D eigenvalue weighted by molar-refractivity contribution is 5.91. The molecular weight excluding hydrogens is 232 g/mol. The first-order chi connectivity index (χ1) is 8.80. The van der Waals surface area contributed by atoms with Crippen LogP contribution in [0.1, 0.15) is 75.1 Å². The maximum Gasteiger partial charge on any atom is 0.137 e. The summed E-state index contributed by atoms with van der Waals surface area (Å²) in [5, 5.41) is 0. The molecule has 1 heteroatoms. The lowest BCUT2D eigenvalue weighted by Gasteiger charge is -2.31. The predicted molar refractivity (Wildman–Crippen MR) is 78.8 cm³/mol. The second-order valence-corrected chi connectivity index (χ2v) is 7.59. The van der Waals surface area contributed by atoms with Crippen molar-refractivity contribution in [3.8, 4) is 0 Å². The van der Waals surface area contributed by atoms with E-state index in [-0.39, 0.29) is 5.41 Å². The molecule has 1 saturated carbocycles. The van der Waals surface area contributed by atoms with Crippen LogP contribution in [0.2, 0.25) is 0 Å². The topological polar surface area (TPSA) is 17.1 Å². The van der Waals surface area contributed by atoms with Crippen molar-refractivity contribution in [2.45, 2.75) is 64.7 Å². The minimum absolute atomic E-state index is 0.173. The van der Waals surface area contributed by atoms with E-state index in [1.807, 2.05) is 0 Å². The molecule has 0 spiro atoms. The van der Waals surface area contributed by atoms with Gasteiger partial charge in [0.1, 0.15) is 5.78 Å². The predicted octanol–water partition coefficient (Wildman–Crippen LogP) is 4.34. The smallest absolute Gasteiger partial charge is 0.137 e. The van der Waals surface area contributed by atoms with E-state index in [1.54, 1.807) is 0 Å². The fraction of sp³-hybridized carbons (Fsp3) is 0.611. The molecule has 2 unspecified atom stereocenters. The van der Waals surface area contributed by atoms with Crippen molar-refractivity contribution in [3.63, 3.8) is 0 Å². The minimum Gasteiger partial charge on any atom is -0.299 e. The van der Waals surface area contributed by atoms with Crippen LogP contribution >= 0.6 is 0 Å². The van der Waals surface area contributed by atoms with Gasteiger partial charge in [0.25, 0.3) is 0 Å². The molecular formula is C18H24O. The Morgan fingerprint density at radius 2 is 1.79 bits per heavy atom. The lowest BCUT2D eigenvalue weighted by atomic mass is 9.71. The van der Waals surface area contributed by atoms with Crippen LogP contribution in [0, 0.1) is 5.92 Å². The highest BCUT2D eigenvalue weighted by Crippen LogP contribution is 2.53. The molecule has 0 heterocycles. The van der Waals surface area contributed by atoms with Gasteiger partial charge in [0.2, 0.25) is 0 Å². The molecule has 2 aliphatic carbocycles. The zero-order chi connectivity index (χ0) is 13.9. The van der Waals surface area contributed by atoms with Crippen LogP contribution in [0.15, 0.2) is 12.1 Å². The first-order valence-electron chi connectivity index (χ1n) is 7.49. The van der Waals surface area contributed by atoms with Crippen LogP contribution < -0.4 is 0 Å². The fourth-order valence-electron chi connectivity index (χ4n) is 3.90. The highest BCUT2D eigenvalue weighted by atomic mass is 16.1. The van der Waals surface area contributed by atoms with Crippen molar-refractivity contribution < 1.29 is 4.79 Å². The van der Waals surface area contributed by atoms with E-state index in [0.717, 1.165) is 12.8 Å². The lowest BCUT2D eigenvalue weighted by molar-refractivity contribution is -0.130. The van der Waals surface area contributed by atoms with Crippen molar-refractivity contribution >= 4 is 5.78 Å². The number of hydrogen-bond donors (Lipinski definition) is 0. The summed E-state index contributed by atoms with van der Waals surface area (Å²) in [5.41, 5.74) is 6.13. The Bertz CT molecular complexity index is 546. The molecule has 0 aliphatic heterocycles. The summed E-state index contributed by atoms with van der Waals surface area (Å²) in [6, 6.07) is 4.62. The standard InChI is InChI=1S/C18H24O/c1-10(2)11-6-7-15(18(3,4)5)14-8-12-13(17(11)14)9-16(12)19/h6-7,10,12-13H,8-9H2,1-5H3. The Hall–Kier alpha value is -1.11. The number of Topliss-reactive ketones (excluding diaryl/α,β-unsaturated/α-hetero) is 1. The summed E-state index contributed by atoms with van der Waals surface area (Å²) in [5.74, 6) is 1.87. The molecule has 19 heavy (non-hydrogen) atoms. The normalized spacial score (nSPS) is 25.3. The maximum atomic E-state index is 11.8. The molecule has 2 atom stereocenters. The van der Waals surface area contributed by atoms with Gasteiger partial charge < -0.3 is 0 Å². The molecule has 1 aromatic rings. The number of carbonyl (C=O) groups is 1. The van der Waals surface area contributed by atoms with Gasteiger partial charge in [-0.25, -0.2) is 0 Å². The zero-order valence-corrected chi connectivity index (χ0v) is 12.7. The van der Waals surface area contributed by atoms with Crippen molar-refractivity contribution in [1.29, 1.82) is 0 Å². The molecule has 0 amide bonds. The van der Waals surface area contributed by atoms with Gasteiger partial charge >= 0.3 is 0 Å². The third-order valence-corrected chi connectivity index (χ3v) is 4.94. The number of benzene rings is 1. The minimum atomic E-state index is 0.173. The molecule has 2 aliphatic rings. The van der Waals surface area contributed by atoms with Gasteiger partial charge in [-0.3, -0.25) is 4.79 Å². The monoisotopic (exact) mass is 256 g/mol. The highest BCUT2D eigenvalue weighted by Gasteiger charge is 2.48. The number of ketones is 1.